The molecule has 0 aliphatic carbocycles. The van der Waals surface area contributed by atoms with E-state index in [1.807, 2.05) is 31.3 Å². The third-order valence-corrected chi connectivity index (χ3v) is 10.6. The van der Waals surface area contributed by atoms with E-state index in [0.29, 0.717) is 36.3 Å². The zero-order valence-electron chi connectivity index (χ0n) is 32.1. The summed E-state index contributed by atoms with van der Waals surface area (Å²) in [6, 6.07) is 3.43. The molecule has 4 aromatic heterocycles. The molecule has 2 amide bonds. The number of hydrogen-bond acceptors (Lipinski definition) is 14. The smallest absolute Gasteiger partial charge is 0.270 e. The maximum Gasteiger partial charge on any atom is 0.270 e. The number of β-amino-alcohol motifs (C(OH)–C–C–N with tert-alkyl or cyclic N) is 2. The zero-order chi connectivity index (χ0) is 39.0. The molecule has 0 radical (unpaired) electrons. The number of carbonyl (C=O) groups excluding carboxylic acids is 2. The number of aryl methyl sites for hydroxylation is 2. The quantitative estimate of drug-likeness (QED) is 0.122. The molecule has 300 valence electrons. The molecule has 4 aliphatic heterocycles. The van der Waals surface area contributed by atoms with E-state index in [-0.39, 0.29) is 24.9 Å². The summed E-state index contributed by atoms with van der Waals surface area (Å²) in [5, 5.41) is 26.2. The van der Waals surface area contributed by atoms with Crippen LogP contribution >= 0.6 is 0 Å². The monoisotopic (exact) mass is 772 g/mol. The van der Waals surface area contributed by atoms with Crippen molar-refractivity contribution in [1.29, 1.82) is 0 Å². The summed E-state index contributed by atoms with van der Waals surface area (Å²) in [5.41, 5.74) is 6.98. The van der Waals surface area contributed by atoms with E-state index in [0.717, 1.165) is 101 Å². The summed E-state index contributed by atoms with van der Waals surface area (Å²) in [6.07, 6.45) is 8.57. The summed E-state index contributed by atoms with van der Waals surface area (Å²) in [6.45, 7) is 7.55. The Morgan fingerprint density at radius 2 is 1.20 bits per heavy atom. The number of rotatable bonds is 14. The third kappa shape index (κ3) is 10.4. The Kier molecular flexibility index (Phi) is 13.0. The number of ether oxygens (including phenoxy) is 2. The van der Waals surface area contributed by atoms with E-state index in [4.69, 9.17) is 9.47 Å². The first kappa shape index (κ1) is 39.5. The normalized spacial score (nSPS) is 18.4. The van der Waals surface area contributed by atoms with E-state index in [9.17, 15) is 19.8 Å². The highest BCUT2D eigenvalue weighted by Crippen LogP contribution is 2.19. The van der Waals surface area contributed by atoms with Gasteiger partial charge in [0.15, 0.2) is 0 Å². The summed E-state index contributed by atoms with van der Waals surface area (Å²) >= 11 is 0. The summed E-state index contributed by atoms with van der Waals surface area (Å²) in [7, 11) is 3.99. The number of hydrogen-bond donors (Lipinski definition) is 4. The molecule has 4 aliphatic rings. The minimum absolute atomic E-state index is 0.181. The molecule has 0 unspecified atom stereocenters. The van der Waals surface area contributed by atoms with Gasteiger partial charge in [0.1, 0.15) is 24.0 Å². The number of aliphatic hydroxyl groups is 2. The highest BCUT2D eigenvalue weighted by atomic mass is 16.5. The maximum atomic E-state index is 12.4. The van der Waals surface area contributed by atoms with Crippen molar-refractivity contribution in [2.24, 2.45) is 25.9 Å². The van der Waals surface area contributed by atoms with E-state index in [2.05, 4.69) is 54.9 Å². The van der Waals surface area contributed by atoms with Crippen molar-refractivity contribution in [2.45, 2.75) is 51.0 Å². The molecule has 2 saturated heterocycles. The Labute approximate surface area is 325 Å². The van der Waals surface area contributed by atoms with Gasteiger partial charge in [0.05, 0.1) is 68.4 Å². The highest BCUT2D eigenvalue weighted by molar-refractivity contribution is 5.92. The second-order valence-electron chi connectivity index (χ2n) is 15.2. The van der Waals surface area contributed by atoms with Crippen LogP contribution in [0, 0.1) is 11.8 Å². The molecule has 18 heteroatoms. The summed E-state index contributed by atoms with van der Waals surface area (Å²) in [4.78, 5) is 54.5. The fraction of sp³-hybridized carbons (Fsp3) is 0.579. The second-order valence-corrected chi connectivity index (χ2v) is 15.2. The lowest BCUT2D eigenvalue weighted by molar-refractivity contribution is -0.0316. The standard InChI is InChI=1S/2C19H26N6O3/c1-24-12-23-17-8-25(3-2-18(17)24)7-15(26)6-20-19(27)16-5-14(21-11-22-16)4-13-9-28-10-13;1-24-12-23-16-2-3-25(8-18(16)24)7-15(26)6-20-19(27)17-5-14(21-11-22-17)4-13-9-28-10-13/h2*5,11-13,15,26H,2-4,6-10H2,1H3,(H,20,27)/t2*15-/m00/s1. The molecule has 2 atom stereocenters. The molecule has 4 aromatic rings. The Bertz CT molecular complexity index is 1950. The Morgan fingerprint density at radius 1 is 0.696 bits per heavy atom. The number of fused-ring (bicyclic) bond motifs is 2. The molecular weight excluding hydrogens is 720 g/mol. The number of nitrogens with one attached hydrogen (secondary N) is 2. The van der Waals surface area contributed by atoms with Gasteiger partial charge in [-0.05, 0) is 25.0 Å². The van der Waals surface area contributed by atoms with E-state index in [1.54, 1.807) is 12.1 Å². The van der Waals surface area contributed by atoms with E-state index >= 15 is 0 Å². The molecule has 8 heterocycles. The average Bonchev–Trinajstić information content (AvgIpc) is 3.73. The average molecular weight is 773 g/mol. The fourth-order valence-electron chi connectivity index (χ4n) is 7.28. The lowest BCUT2D eigenvalue weighted by Crippen LogP contribution is -2.42. The van der Waals surface area contributed by atoms with Gasteiger partial charge in [-0.2, -0.15) is 0 Å². The molecule has 0 aromatic carbocycles. The maximum absolute atomic E-state index is 12.4. The molecule has 8 rings (SSSR count). The number of imidazole rings is 2. The Morgan fingerprint density at radius 3 is 1.73 bits per heavy atom. The van der Waals surface area contributed by atoms with Gasteiger partial charge in [0, 0.05) is 108 Å². The van der Waals surface area contributed by atoms with Gasteiger partial charge in [-0.25, -0.2) is 29.9 Å². The fourth-order valence-corrected chi connectivity index (χ4v) is 7.28. The molecule has 0 saturated carbocycles. The molecule has 0 spiro atoms. The Hall–Kier alpha value is -4.72. The van der Waals surface area contributed by atoms with E-state index in [1.165, 1.54) is 24.0 Å². The van der Waals surface area contributed by atoms with Crippen LogP contribution in [0.4, 0.5) is 0 Å². The minimum atomic E-state index is -0.650. The van der Waals surface area contributed by atoms with Gasteiger partial charge >= 0.3 is 0 Å². The molecule has 4 N–H and O–H groups in total. The van der Waals surface area contributed by atoms with Gasteiger partial charge in [-0.15, -0.1) is 0 Å². The summed E-state index contributed by atoms with van der Waals surface area (Å²) < 4.78 is 14.4. The molecule has 0 bridgehead atoms. The van der Waals surface area contributed by atoms with Crippen molar-refractivity contribution < 1.29 is 29.3 Å². The first-order chi connectivity index (χ1) is 27.2. The number of aromatic nitrogens is 8. The van der Waals surface area contributed by atoms with Gasteiger partial charge in [0.2, 0.25) is 0 Å². The van der Waals surface area contributed by atoms with Crippen LogP contribution in [0.1, 0.15) is 55.1 Å². The lowest BCUT2D eigenvalue weighted by Gasteiger charge is -2.28. The van der Waals surface area contributed by atoms with Crippen molar-refractivity contribution in [3.8, 4) is 0 Å². The highest BCUT2D eigenvalue weighted by Gasteiger charge is 2.25. The predicted molar refractivity (Wildman–Crippen MR) is 201 cm³/mol. The van der Waals surface area contributed by atoms with Crippen molar-refractivity contribution in [1.82, 2.24) is 59.5 Å². The van der Waals surface area contributed by atoms with Gasteiger partial charge in [-0.1, -0.05) is 0 Å². The first-order valence-corrected chi connectivity index (χ1v) is 19.3. The van der Waals surface area contributed by atoms with Crippen molar-refractivity contribution in [3.05, 3.63) is 83.0 Å². The molecule has 56 heavy (non-hydrogen) atoms. The topological polar surface area (TPSA) is 211 Å². The second kappa shape index (κ2) is 18.5. The van der Waals surface area contributed by atoms with Gasteiger partial charge in [-0.3, -0.25) is 19.4 Å². The van der Waals surface area contributed by atoms with Gasteiger partial charge < -0.3 is 39.5 Å². The van der Waals surface area contributed by atoms with Crippen LogP contribution < -0.4 is 10.6 Å². The zero-order valence-corrected chi connectivity index (χ0v) is 32.1. The Balaban J connectivity index is 0.000000172. The van der Waals surface area contributed by atoms with Crippen molar-refractivity contribution in [2.75, 3.05) is 65.7 Å². The number of carbonyl (C=O) groups is 2. The summed E-state index contributed by atoms with van der Waals surface area (Å²) in [5.74, 6) is 0.354. The van der Waals surface area contributed by atoms with Crippen LogP contribution in [0.15, 0.2) is 37.4 Å². The SMILES string of the molecule is Cn1cnc2c1CCN(C[C@@H](O)CNC(=O)c1cc(CC3COC3)ncn1)C2.Cn1cnc2c1CN(C[C@@H](O)CNC(=O)c1cc(CC3COC3)ncn1)CC2. The first-order valence-electron chi connectivity index (χ1n) is 19.3. The molecule has 2 fully saturated rings. The number of nitrogens with zero attached hydrogens (tertiary/aromatic N) is 10. The van der Waals surface area contributed by atoms with Crippen molar-refractivity contribution >= 4 is 11.8 Å². The van der Waals surface area contributed by atoms with Crippen molar-refractivity contribution in [3.63, 3.8) is 0 Å². The minimum Gasteiger partial charge on any atom is -0.390 e. The predicted octanol–water partition coefficient (Wildman–Crippen LogP) is -0.904. The van der Waals surface area contributed by atoms with Crippen LogP contribution in [0.3, 0.4) is 0 Å². The number of amides is 2. The van der Waals surface area contributed by atoms with Crippen LogP contribution in [-0.2, 0) is 62.3 Å². The molecular formula is C38H52N12O6. The van der Waals surface area contributed by atoms with E-state index < -0.39 is 12.2 Å². The van der Waals surface area contributed by atoms with Crippen LogP contribution in [0.5, 0.6) is 0 Å². The van der Waals surface area contributed by atoms with Crippen LogP contribution in [-0.4, -0.2) is 149 Å². The number of aliphatic hydroxyl groups excluding tert-OH is 2. The largest absolute Gasteiger partial charge is 0.390 e. The third-order valence-electron chi connectivity index (χ3n) is 10.6. The molecule has 18 nitrogen and oxygen atoms in total. The van der Waals surface area contributed by atoms with Crippen LogP contribution in [0.25, 0.3) is 0 Å². The lowest BCUT2D eigenvalue weighted by atomic mass is 10.0. The van der Waals surface area contributed by atoms with Gasteiger partial charge in [0.25, 0.3) is 11.8 Å². The van der Waals surface area contributed by atoms with Crippen LogP contribution in [0.2, 0.25) is 0 Å².